The van der Waals surface area contributed by atoms with Crippen LogP contribution in [0.5, 0.6) is 17.2 Å². The zero-order valence-electron chi connectivity index (χ0n) is 12.8. The number of carbonyl (C=O) groups is 1. The molecule has 0 aliphatic carbocycles. The molecule has 116 valence electrons. The normalized spacial score (nSPS) is 15.2. The molecule has 0 spiro atoms. The maximum absolute atomic E-state index is 12.2. The summed E-state index contributed by atoms with van der Waals surface area (Å²) < 4.78 is 16.1. The minimum Gasteiger partial charge on any atom is -0.493 e. The molecule has 0 radical (unpaired) electrons. The second-order valence-electron chi connectivity index (χ2n) is 5.08. The first-order valence-corrected chi connectivity index (χ1v) is 7.38. The Bertz CT molecular complexity index is 467. The predicted octanol–water partition coefficient (Wildman–Crippen LogP) is 2.49. The van der Waals surface area contributed by atoms with Gasteiger partial charge in [0.15, 0.2) is 18.1 Å². The van der Waals surface area contributed by atoms with Crippen molar-refractivity contribution in [2.24, 2.45) is 0 Å². The smallest absolute Gasteiger partial charge is 0.260 e. The molecule has 2 rings (SSSR count). The molecule has 0 unspecified atom stereocenters. The van der Waals surface area contributed by atoms with Crippen LogP contribution in [0.1, 0.15) is 25.7 Å². The standard InChI is InChI=1S/C16H23NO4/c1-19-13-8-7-9-14(16(13)20-2)21-12-15(18)17-10-5-3-4-6-11-17/h7-9H,3-6,10-12H2,1-2H3. The van der Waals surface area contributed by atoms with E-state index in [1.54, 1.807) is 26.4 Å². The summed E-state index contributed by atoms with van der Waals surface area (Å²) in [5, 5.41) is 0. The van der Waals surface area contributed by atoms with Gasteiger partial charge in [-0.25, -0.2) is 0 Å². The van der Waals surface area contributed by atoms with Crippen LogP contribution in [0.3, 0.4) is 0 Å². The molecule has 1 aromatic carbocycles. The number of nitrogens with zero attached hydrogens (tertiary/aromatic N) is 1. The maximum Gasteiger partial charge on any atom is 0.260 e. The van der Waals surface area contributed by atoms with Crippen LogP contribution in [0, 0.1) is 0 Å². The lowest BCUT2D eigenvalue weighted by Gasteiger charge is -2.21. The number of hydrogen-bond acceptors (Lipinski definition) is 4. The highest BCUT2D eigenvalue weighted by Gasteiger charge is 2.17. The molecular formula is C16H23NO4. The van der Waals surface area contributed by atoms with E-state index in [2.05, 4.69) is 0 Å². The van der Waals surface area contributed by atoms with Crippen molar-refractivity contribution in [3.63, 3.8) is 0 Å². The molecule has 0 atom stereocenters. The molecule has 0 saturated carbocycles. The lowest BCUT2D eigenvalue weighted by Crippen LogP contribution is -2.35. The molecular weight excluding hydrogens is 270 g/mol. The maximum atomic E-state index is 12.2. The summed E-state index contributed by atoms with van der Waals surface area (Å²) in [4.78, 5) is 14.1. The number of benzene rings is 1. The molecule has 5 heteroatoms. The highest BCUT2D eigenvalue weighted by atomic mass is 16.5. The molecule has 1 amide bonds. The largest absolute Gasteiger partial charge is 0.493 e. The molecule has 5 nitrogen and oxygen atoms in total. The van der Waals surface area contributed by atoms with Gasteiger partial charge in [-0.1, -0.05) is 18.9 Å². The summed E-state index contributed by atoms with van der Waals surface area (Å²) in [6.07, 6.45) is 4.56. The Morgan fingerprint density at radius 2 is 1.71 bits per heavy atom. The van der Waals surface area contributed by atoms with Gasteiger partial charge < -0.3 is 19.1 Å². The predicted molar refractivity (Wildman–Crippen MR) is 80.1 cm³/mol. The Labute approximate surface area is 125 Å². The van der Waals surface area contributed by atoms with E-state index in [4.69, 9.17) is 14.2 Å². The van der Waals surface area contributed by atoms with Gasteiger partial charge >= 0.3 is 0 Å². The minimum absolute atomic E-state index is 0.0294. The van der Waals surface area contributed by atoms with E-state index in [0.29, 0.717) is 17.2 Å². The van der Waals surface area contributed by atoms with Crippen LogP contribution in [-0.4, -0.2) is 44.7 Å². The van der Waals surface area contributed by atoms with Crippen molar-refractivity contribution in [2.45, 2.75) is 25.7 Å². The lowest BCUT2D eigenvalue weighted by atomic mass is 10.2. The van der Waals surface area contributed by atoms with Crippen LogP contribution in [-0.2, 0) is 4.79 Å². The SMILES string of the molecule is COc1cccc(OCC(=O)N2CCCCCC2)c1OC. The first-order chi connectivity index (χ1) is 10.3. The van der Waals surface area contributed by atoms with Gasteiger partial charge in [-0.2, -0.15) is 0 Å². The number of methoxy groups -OCH3 is 2. The van der Waals surface area contributed by atoms with E-state index in [1.807, 2.05) is 11.0 Å². The summed E-state index contributed by atoms with van der Waals surface area (Å²) in [5.74, 6) is 1.67. The first kappa shape index (κ1) is 15.5. The Hall–Kier alpha value is -1.91. The average molecular weight is 293 g/mol. The second-order valence-corrected chi connectivity index (χ2v) is 5.08. The minimum atomic E-state index is 0.0294. The zero-order chi connectivity index (χ0) is 15.1. The Morgan fingerprint density at radius 1 is 1.05 bits per heavy atom. The van der Waals surface area contributed by atoms with Crippen LogP contribution in [0.2, 0.25) is 0 Å². The summed E-state index contributed by atoms with van der Waals surface area (Å²) in [6, 6.07) is 5.38. The van der Waals surface area contributed by atoms with Gasteiger partial charge in [0.05, 0.1) is 14.2 Å². The zero-order valence-corrected chi connectivity index (χ0v) is 12.8. The van der Waals surface area contributed by atoms with Crippen molar-refractivity contribution in [3.05, 3.63) is 18.2 Å². The van der Waals surface area contributed by atoms with Crippen LogP contribution in [0.25, 0.3) is 0 Å². The summed E-state index contributed by atoms with van der Waals surface area (Å²) in [5.41, 5.74) is 0. The first-order valence-electron chi connectivity index (χ1n) is 7.38. The fourth-order valence-electron chi connectivity index (χ4n) is 2.52. The molecule has 1 aromatic rings. The van der Waals surface area contributed by atoms with Crippen LogP contribution in [0.4, 0.5) is 0 Å². The van der Waals surface area contributed by atoms with Gasteiger partial charge in [-0.15, -0.1) is 0 Å². The Kier molecular flexibility index (Phi) is 5.72. The van der Waals surface area contributed by atoms with Crippen LogP contribution in [0.15, 0.2) is 18.2 Å². The van der Waals surface area contributed by atoms with Crippen molar-refractivity contribution >= 4 is 5.91 Å². The van der Waals surface area contributed by atoms with Crippen LogP contribution >= 0.6 is 0 Å². The third-order valence-electron chi connectivity index (χ3n) is 3.68. The summed E-state index contributed by atoms with van der Waals surface area (Å²) >= 11 is 0. The highest BCUT2D eigenvalue weighted by Crippen LogP contribution is 2.36. The Balaban J connectivity index is 1.97. The molecule has 1 aliphatic rings. The van der Waals surface area contributed by atoms with Gasteiger partial charge in [-0.05, 0) is 25.0 Å². The molecule has 1 saturated heterocycles. The van der Waals surface area contributed by atoms with Gasteiger partial charge in [0.25, 0.3) is 5.91 Å². The van der Waals surface area contributed by atoms with Gasteiger partial charge in [0.1, 0.15) is 0 Å². The average Bonchev–Trinajstić information content (AvgIpc) is 2.81. The topological polar surface area (TPSA) is 48.0 Å². The van der Waals surface area contributed by atoms with E-state index in [9.17, 15) is 4.79 Å². The van der Waals surface area contributed by atoms with Crippen molar-refractivity contribution < 1.29 is 19.0 Å². The summed E-state index contributed by atoms with van der Waals surface area (Å²) in [6.45, 7) is 1.69. The third kappa shape index (κ3) is 4.03. The number of hydrogen-bond donors (Lipinski definition) is 0. The molecule has 0 bridgehead atoms. The van der Waals surface area contributed by atoms with Crippen molar-refractivity contribution in [1.29, 1.82) is 0 Å². The number of carbonyl (C=O) groups excluding carboxylic acids is 1. The number of amides is 1. The molecule has 0 aromatic heterocycles. The molecule has 0 N–H and O–H groups in total. The van der Waals surface area contributed by atoms with Crippen LogP contribution < -0.4 is 14.2 Å². The molecule has 1 aliphatic heterocycles. The molecule has 1 fully saturated rings. The van der Waals surface area contributed by atoms with Crippen molar-refractivity contribution in [3.8, 4) is 17.2 Å². The summed E-state index contributed by atoms with van der Waals surface area (Å²) in [7, 11) is 3.13. The second kappa shape index (κ2) is 7.76. The lowest BCUT2D eigenvalue weighted by molar-refractivity contribution is -0.133. The van der Waals surface area contributed by atoms with Crippen molar-refractivity contribution in [1.82, 2.24) is 4.90 Å². The number of likely N-dealkylation sites (tertiary alicyclic amines) is 1. The quantitative estimate of drug-likeness (QED) is 0.837. The monoisotopic (exact) mass is 293 g/mol. The number of para-hydroxylation sites is 1. The van der Waals surface area contributed by atoms with E-state index in [0.717, 1.165) is 25.9 Å². The van der Waals surface area contributed by atoms with E-state index >= 15 is 0 Å². The van der Waals surface area contributed by atoms with Gasteiger partial charge in [-0.3, -0.25) is 4.79 Å². The van der Waals surface area contributed by atoms with E-state index in [1.165, 1.54) is 12.8 Å². The Morgan fingerprint density at radius 3 is 2.33 bits per heavy atom. The number of ether oxygens (including phenoxy) is 3. The highest BCUT2D eigenvalue weighted by molar-refractivity contribution is 5.78. The van der Waals surface area contributed by atoms with Gasteiger partial charge in [0, 0.05) is 13.1 Å². The fourth-order valence-corrected chi connectivity index (χ4v) is 2.52. The van der Waals surface area contributed by atoms with Gasteiger partial charge in [0.2, 0.25) is 5.75 Å². The fraction of sp³-hybridized carbons (Fsp3) is 0.562. The number of rotatable bonds is 5. The van der Waals surface area contributed by atoms with E-state index < -0.39 is 0 Å². The van der Waals surface area contributed by atoms with Crippen molar-refractivity contribution in [2.75, 3.05) is 33.9 Å². The molecule has 21 heavy (non-hydrogen) atoms. The third-order valence-corrected chi connectivity index (χ3v) is 3.68. The van der Waals surface area contributed by atoms with E-state index in [-0.39, 0.29) is 12.5 Å². The molecule has 1 heterocycles.